The van der Waals surface area contributed by atoms with Crippen LogP contribution in [0.2, 0.25) is 0 Å². The Morgan fingerprint density at radius 2 is 0.875 bits per heavy atom. The fraction of sp³-hybridized carbons (Fsp3) is 0.500. The number of unbranched alkanes of at least 4 members (excludes halogenated alkanes) is 9. The minimum Gasteiger partial charge on any atom is -0.436 e. The van der Waals surface area contributed by atoms with E-state index in [2.05, 4.69) is 9.98 Å². The van der Waals surface area contributed by atoms with Gasteiger partial charge in [-0.05, 0) is 51.0 Å². The van der Waals surface area contributed by atoms with Gasteiger partial charge in [0.05, 0.1) is 22.8 Å². The molecule has 0 aromatic heterocycles. The second-order valence-electron chi connectivity index (χ2n) is 10.0. The lowest BCUT2D eigenvalue weighted by atomic mass is 10.0. The summed E-state index contributed by atoms with van der Waals surface area (Å²) in [5.74, 6) is 0.274. The number of hydrogen-bond acceptors (Lipinski definition) is 6. The van der Waals surface area contributed by atoms with Gasteiger partial charge in [-0.15, -0.1) is 0 Å². The van der Waals surface area contributed by atoms with Gasteiger partial charge in [-0.2, -0.15) is 0 Å². The Morgan fingerprint density at radius 3 is 1.20 bits per heavy atom. The summed E-state index contributed by atoms with van der Waals surface area (Å²) in [6, 6.07) is 17.8. The lowest BCUT2D eigenvalue weighted by Gasteiger charge is -2.10. The summed E-state index contributed by atoms with van der Waals surface area (Å²) in [6.07, 6.45) is 11.8. The molecule has 0 radical (unpaired) electrons. The summed E-state index contributed by atoms with van der Waals surface area (Å²) in [5, 5.41) is 0. The van der Waals surface area contributed by atoms with E-state index in [0.29, 0.717) is 35.6 Å². The van der Waals surface area contributed by atoms with Gasteiger partial charge in [0.15, 0.2) is 12.5 Å². The SMILES string of the molecule is CC(/N=C(\N)CCCCCCCCCCCC/C(N)=N/C(C)OC(=O)c1ccccc1)OC(=O)c1ccccc1. The number of ether oxygens (including phenoxy) is 2. The zero-order chi connectivity index (χ0) is 29.0. The van der Waals surface area contributed by atoms with Crippen LogP contribution in [0.3, 0.4) is 0 Å². The Morgan fingerprint density at radius 1 is 0.575 bits per heavy atom. The number of esters is 2. The first-order valence-corrected chi connectivity index (χ1v) is 14.5. The predicted molar refractivity (Wildman–Crippen MR) is 161 cm³/mol. The fourth-order valence-corrected chi connectivity index (χ4v) is 4.27. The Bertz CT molecular complexity index is 972. The normalized spacial score (nSPS) is 13.4. The molecule has 8 nitrogen and oxygen atoms in total. The lowest BCUT2D eigenvalue weighted by molar-refractivity contribution is 0.0349. The van der Waals surface area contributed by atoms with E-state index in [9.17, 15) is 9.59 Å². The first kappa shape index (κ1) is 32.5. The molecule has 2 unspecified atom stereocenters. The van der Waals surface area contributed by atoms with Crippen LogP contribution >= 0.6 is 0 Å². The van der Waals surface area contributed by atoms with E-state index in [1.807, 2.05) is 12.1 Å². The molecule has 218 valence electrons. The molecule has 0 saturated heterocycles. The molecule has 2 atom stereocenters. The zero-order valence-electron chi connectivity index (χ0n) is 24.1. The van der Waals surface area contributed by atoms with Gasteiger partial charge in [0.1, 0.15) is 0 Å². The molecule has 0 heterocycles. The molecular formula is C32H46N4O4. The molecule has 0 aliphatic carbocycles. The average molecular weight is 551 g/mol. The maximum Gasteiger partial charge on any atom is 0.340 e. The second-order valence-corrected chi connectivity index (χ2v) is 10.0. The molecule has 4 N–H and O–H groups in total. The maximum atomic E-state index is 12.1. The Hall–Kier alpha value is -3.68. The van der Waals surface area contributed by atoms with E-state index in [-0.39, 0.29) is 0 Å². The topological polar surface area (TPSA) is 129 Å². The van der Waals surface area contributed by atoms with E-state index in [0.717, 1.165) is 25.7 Å². The van der Waals surface area contributed by atoms with E-state index >= 15 is 0 Å². The third-order valence-electron chi connectivity index (χ3n) is 6.39. The Kier molecular flexibility index (Phi) is 15.8. The highest BCUT2D eigenvalue weighted by molar-refractivity contribution is 5.90. The fourth-order valence-electron chi connectivity index (χ4n) is 4.27. The summed E-state index contributed by atoms with van der Waals surface area (Å²) >= 11 is 0. The minimum atomic E-state index is -0.593. The van der Waals surface area contributed by atoms with Crippen LogP contribution in [0.1, 0.15) is 112 Å². The van der Waals surface area contributed by atoms with Crippen molar-refractivity contribution in [3.05, 3.63) is 71.8 Å². The van der Waals surface area contributed by atoms with E-state index < -0.39 is 24.4 Å². The van der Waals surface area contributed by atoms with Crippen molar-refractivity contribution < 1.29 is 19.1 Å². The average Bonchev–Trinajstić information content (AvgIpc) is 2.94. The van der Waals surface area contributed by atoms with Crippen LogP contribution in [0, 0.1) is 0 Å². The number of hydrogen-bond donors (Lipinski definition) is 2. The van der Waals surface area contributed by atoms with Crippen LogP contribution in [0.15, 0.2) is 70.6 Å². The summed E-state index contributed by atoms with van der Waals surface area (Å²) in [7, 11) is 0. The lowest BCUT2D eigenvalue weighted by Crippen LogP contribution is -2.19. The van der Waals surface area contributed by atoms with Crippen molar-refractivity contribution in [3.8, 4) is 0 Å². The molecule has 2 aromatic rings. The molecule has 2 rings (SSSR count). The van der Waals surface area contributed by atoms with Gasteiger partial charge in [-0.1, -0.05) is 87.8 Å². The monoisotopic (exact) mass is 550 g/mol. The van der Waals surface area contributed by atoms with Gasteiger partial charge in [0.25, 0.3) is 0 Å². The van der Waals surface area contributed by atoms with Gasteiger partial charge < -0.3 is 20.9 Å². The van der Waals surface area contributed by atoms with Crippen LogP contribution in [0.4, 0.5) is 0 Å². The van der Waals surface area contributed by atoms with Gasteiger partial charge in [0, 0.05) is 12.8 Å². The van der Waals surface area contributed by atoms with Crippen molar-refractivity contribution >= 4 is 23.6 Å². The predicted octanol–water partition coefficient (Wildman–Crippen LogP) is 6.79. The van der Waals surface area contributed by atoms with Crippen molar-refractivity contribution in [3.63, 3.8) is 0 Å². The Balaban J connectivity index is 1.42. The first-order valence-electron chi connectivity index (χ1n) is 14.5. The minimum absolute atomic E-state index is 0.392. The number of amidine groups is 2. The smallest absolute Gasteiger partial charge is 0.340 e. The van der Waals surface area contributed by atoms with Crippen LogP contribution in [0.5, 0.6) is 0 Å². The highest BCUT2D eigenvalue weighted by Crippen LogP contribution is 2.13. The van der Waals surface area contributed by atoms with Crippen molar-refractivity contribution in [2.24, 2.45) is 21.5 Å². The van der Waals surface area contributed by atoms with Crippen LogP contribution < -0.4 is 11.5 Å². The number of benzene rings is 2. The molecule has 0 spiro atoms. The van der Waals surface area contributed by atoms with E-state index in [4.69, 9.17) is 20.9 Å². The second kappa shape index (κ2) is 19.4. The summed E-state index contributed by atoms with van der Waals surface area (Å²) in [5.41, 5.74) is 13.0. The molecule has 0 fully saturated rings. The van der Waals surface area contributed by atoms with Gasteiger partial charge in [-0.3, -0.25) is 0 Å². The summed E-state index contributed by atoms with van der Waals surface area (Å²) in [6.45, 7) is 3.45. The molecule has 0 aliphatic heterocycles. The molecule has 0 saturated carbocycles. The Labute approximate surface area is 239 Å². The summed E-state index contributed by atoms with van der Waals surface area (Å²) < 4.78 is 10.7. The summed E-state index contributed by atoms with van der Waals surface area (Å²) in [4.78, 5) is 32.7. The highest BCUT2D eigenvalue weighted by atomic mass is 16.6. The highest BCUT2D eigenvalue weighted by Gasteiger charge is 2.12. The van der Waals surface area contributed by atoms with Crippen LogP contribution in [-0.4, -0.2) is 36.1 Å². The number of aliphatic imine (C=N–C) groups is 2. The van der Waals surface area contributed by atoms with Crippen molar-refractivity contribution in [2.45, 2.75) is 103 Å². The largest absolute Gasteiger partial charge is 0.436 e. The number of nitrogens with two attached hydrogens (primary N) is 2. The maximum absolute atomic E-state index is 12.1. The number of carbonyl (C=O) groups is 2. The van der Waals surface area contributed by atoms with E-state index in [1.54, 1.807) is 62.4 Å². The molecule has 2 aromatic carbocycles. The van der Waals surface area contributed by atoms with Crippen molar-refractivity contribution in [1.82, 2.24) is 0 Å². The number of nitrogens with zero attached hydrogens (tertiary/aromatic N) is 2. The van der Waals surface area contributed by atoms with E-state index in [1.165, 1.54) is 38.5 Å². The van der Waals surface area contributed by atoms with Gasteiger partial charge >= 0.3 is 11.9 Å². The van der Waals surface area contributed by atoms with Gasteiger partial charge in [-0.25, -0.2) is 19.6 Å². The number of rotatable bonds is 19. The van der Waals surface area contributed by atoms with Crippen LogP contribution in [-0.2, 0) is 9.47 Å². The number of carbonyl (C=O) groups excluding carboxylic acids is 2. The van der Waals surface area contributed by atoms with Gasteiger partial charge in [0.2, 0.25) is 0 Å². The third-order valence-corrected chi connectivity index (χ3v) is 6.39. The molecule has 0 bridgehead atoms. The third kappa shape index (κ3) is 14.5. The van der Waals surface area contributed by atoms with Crippen LogP contribution in [0.25, 0.3) is 0 Å². The zero-order valence-corrected chi connectivity index (χ0v) is 24.1. The standard InChI is InChI=1S/C32H46N4O4/c1-25(39-31(37)27-19-13-11-14-20-27)35-29(33)23-17-9-7-5-3-4-6-8-10-18-24-30(34)36-26(2)40-32(38)28-21-15-12-16-22-28/h11-16,19-22,25-26H,3-10,17-18,23-24H2,1-2H3,(H2,33,35)(H2,34,36). The molecule has 40 heavy (non-hydrogen) atoms. The first-order chi connectivity index (χ1) is 19.3. The molecule has 0 amide bonds. The molecular weight excluding hydrogens is 504 g/mol. The molecule has 0 aliphatic rings. The van der Waals surface area contributed by atoms with Crippen molar-refractivity contribution in [1.29, 1.82) is 0 Å². The molecule has 8 heteroatoms. The van der Waals surface area contributed by atoms with Crippen molar-refractivity contribution in [2.75, 3.05) is 0 Å². The quantitative estimate of drug-likeness (QED) is 0.0857.